The summed E-state index contributed by atoms with van der Waals surface area (Å²) >= 11 is 1.50. The number of rotatable bonds is 4. The molecule has 0 fully saturated rings. The zero-order valence-corrected chi connectivity index (χ0v) is 12.7. The molecule has 0 spiro atoms. The van der Waals surface area contributed by atoms with Gasteiger partial charge in [-0.3, -0.25) is 4.79 Å². The van der Waals surface area contributed by atoms with Crippen molar-refractivity contribution in [3.63, 3.8) is 0 Å². The van der Waals surface area contributed by atoms with Crippen molar-refractivity contribution in [3.8, 4) is 0 Å². The summed E-state index contributed by atoms with van der Waals surface area (Å²) in [5.74, 6) is -0.134. The number of para-hydroxylation sites is 1. The normalized spacial score (nSPS) is 11.0. The molecule has 0 radical (unpaired) electrons. The number of carbonyl (C=O) groups excluding carboxylic acids is 1. The Hall–Kier alpha value is -2.21. The minimum Gasteiger partial charge on any atom is -0.356 e. The van der Waals surface area contributed by atoms with E-state index in [1.165, 1.54) is 11.3 Å². The summed E-state index contributed by atoms with van der Waals surface area (Å²) in [4.78, 5) is 17.6. The Morgan fingerprint density at radius 3 is 2.90 bits per heavy atom. The van der Waals surface area contributed by atoms with E-state index in [1.54, 1.807) is 0 Å². The maximum absolute atomic E-state index is 12.1. The molecule has 0 aliphatic carbocycles. The fourth-order valence-electron chi connectivity index (χ4n) is 2.19. The highest BCUT2D eigenvalue weighted by atomic mass is 32.1. The topological polar surface area (TPSA) is 68.0 Å². The van der Waals surface area contributed by atoms with Crippen LogP contribution in [0.5, 0.6) is 0 Å². The molecule has 1 amide bonds. The van der Waals surface area contributed by atoms with Gasteiger partial charge in [0.15, 0.2) is 10.7 Å². The van der Waals surface area contributed by atoms with E-state index in [9.17, 15) is 4.79 Å². The molecule has 0 aliphatic heterocycles. The van der Waals surface area contributed by atoms with Gasteiger partial charge < -0.3 is 9.84 Å². The molecule has 0 saturated heterocycles. The Morgan fingerprint density at radius 1 is 1.33 bits per heavy atom. The molecule has 0 saturated carbocycles. The van der Waals surface area contributed by atoms with Gasteiger partial charge in [-0.2, -0.15) is 0 Å². The van der Waals surface area contributed by atoms with Crippen LogP contribution in [0.2, 0.25) is 0 Å². The number of fused-ring (bicyclic) bond motifs is 1. The predicted octanol–water partition coefficient (Wildman–Crippen LogP) is 3.34. The number of thiazole rings is 1. The molecule has 108 valence electrons. The van der Waals surface area contributed by atoms with E-state index >= 15 is 0 Å². The number of hydrogen-bond acceptors (Lipinski definition) is 5. The second kappa shape index (κ2) is 5.65. The highest BCUT2D eigenvalue weighted by Crippen LogP contribution is 2.23. The maximum atomic E-state index is 12.1. The van der Waals surface area contributed by atoms with E-state index in [-0.39, 0.29) is 12.3 Å². The fourth-order valence-corrected chi connectivity index (χ4v) is 3.11. The van der Waals surface area contributed by atoms with Crippen LogP contribution in [0.3, 0.4) is 0 Å². The Morgan fingerprint density at radius 2 is 2.14 bits per heavy atom. The lowest BCUT2D eigenvalue weighted by molar-refractivity contribution is -0.115. The molecule has 2 aromatic heterocycles. The summed E-state index contributed by atoms with van der Waals surface area (Å²) in [6.07, 6.45) is 1.04. The van der Waals surface area contributed by atoms with E-state index in [0.717, 1.165) is 22.4 Å². The third kappa shape index (κ3) is 2.80. The molecule has 2 heterocycles. The number of aryl methyl sites for hydroxylation is 2. The number of nitrogens with one attached hydrogen (secondary N) is 1. The van der Waals surface area contributed by atoms with Gasteiger partial charge in [0.05, 0.1) is 12.1 Å². The van der Waals surface area contributed by atoms with Gasteiger partial charge in [-0.15, -0.1) is 11.3 Å². The maximum Gasteiger partial charge on any atom is 0.232 e. The van der Waals surface area contributed by atoms with Crippen molar-refractivity contribution in [3.05, 3.63) is 40.5 Å². The molecule has 0 atom stereocenters. The zero-order chi connectivity index (χ0) is 14.8. The van der Waals surface area contributed by atoms with Gasteiger partial charge in [0.2, 0.25) is 5.91 Å². The van der Waals surface area contributed by atoms with Gasteiger partial charge in [0, 0.05) is 10.3 Å². The van der Waals surface area contributed by atoms with Crippen molar-refractivity contribution >= 4 is 33.3 Å². The van der Waals surface area contributed by atoms with Crippen LogP contribution in [0.1, 0.15) is 23.2 Å². The monoisotopic (exact) mass is 301 g/mol. The Bertz CT molecular complexity index is 791. The molecule has 3 aromatic rings. The largest absolute Gasteiger partial charge is 0.356 e. The molecule has 1 N–H and O–H groups in total. The molecule has 21 heavy (non-hydrogen) atoms. The lowest BCUT2D eigenvalue weighted by Crippen LogP contribution is -2.14. The smallest absolute Gasteiger partial charge is 0.232 e. The summed E-state index contributed by atoms with van der Waals surface area (Å²) < 4.78 is 5.20. The molecular weight excluding hydrogens is 286 g/mol. The molecule has 1 aromatic carbocycles. The number of hydrogen-bond donors (Lipinski definition) is 1. The van der Waals surface area contributed by atoms with E-state index in [0.29, 0.717) is 16.4 Å². The van der Waals surface area contributed by atoms with Crippen molar-refractivity contribution in [1.29, 1.82) is 0 Å². The van der Waals surface area contributed by atoms with Crippen LogP contribution in [-0.4, -0.2) is 16.0 Å². The van der Waals surface area contributed by atoms with Crippen LogP contribution in [0.15, 0.2) is 28.8 Å². The van der Waals surface area contributed by atoms with Crippen molar-refractivity contribution in [2.75, 3.05) is 5.32 Å². The van der Waals surface area contributed by atoms with Gasteiger partial charge >= 0.3 is 0 Å². The van der Waals surface area contributed by atoms with Crippen molar-refractivity contribution in [2.45, 2.75) is 26.7 Å². The SMILES string of the molecule is CCc1nc(NC(=O)Cc2noc3ccccc23)sc1C. The summed E-state index contributed by atoms with van der Waals surface area (Å²) in [6, 6.07) is 7.51. The first-order chi connectivity index (χ1) is 10.2. The summed E-state index contributed by atoms with van der Waals surface area (Å²) in [7, 11) is 0. The predicted molar refractivity (Wildman–Crippen MR) is 82.6 cm³/mol. The molecule has 0 bridgehead atoms. The summed E-state index contributed by atoms with van der Waals surface area (Å²) in [5, 5.41) is 8.30. The minimum atomic E-state index is -0.134. The van der Waals surface area contributed by atoms with Gasteiger partial charge in [0.25, 0.3) is 0 Å². The summed E-state index contributed by atoms with van der Waals surface area (Å²) in [5.41, 5.74) is 2.37. The lowest BCUT2D eigenvalue weighted by Gasteiger charge is -1.99. The number of amides is 1. The third-order valence-corrected chi connectivity index (χ3v) is 4.18. The second-order valence-electron chi connectivity index (χ2n) is 4.73. The molecule has 6 heteroatoms. The van der Waals surface area contributed by atoms with Crippen LogP contribution in [0.4, 0.5) is 5.13 Å². The van der Waals surface area contributed by atoms with Crippen LogP contribution < -0.4 is 5.32 Å². The molecule has 0 unspecified atom stereocenters. The summed E-state index contributed by atoms with van der Waals surface area (Å²) in [6.45, 7) is 4.06. The number of anilines is 1. The van der Waals surface area contributed by atoms with Crippen molar-refractivity contribution in [2.24, 2.45) is 0 Å². The van der Waals surface area contributed by atoms with E-state index in [1.807, 2.05) is 31.2 Å². The minimum absolute atomic E-state index is 0.134. The number of benzene rings is 1. The zero-order valence-electron chi connectivity index (χ0n) is 11.8. The van der Waals surface area contributed by atoms with Gasteiger partial charge in [-0.1, -0.05) is 24.2 Å². The van der Waals surface area contributed by atoms with Crippen molar-refractivity contribution in [1.82, 2.24) is 10.1 Å². The van der Waals surface area contributed by atoms with Crippen LogP contribution >= 0.6 is 11.3 Å². The highest BCUT2D eigenvalue weighted by Gasteiger charge is 2.14. The van der Waals surface area contributed by atoms with Gasteiger partial charge in [0.1, 0.15) is 5.69 Å². The molecule has 3 rings (SSSR count). The first-order valence-electron chi connectivity index (χ1n) is 6.77. The van der Waals surface area contributed by atoms with E-state index in [2.05, 4.69) is 22.4 Å². The first kappa shape index (κ1) is 13.8. The molecule has 5 nitrogen and oxygen atoms in total. The first-order valence-corrected chi connectivity index (χ1v) is 7.58. The molecule has 0 aliphatic rings. The number of carbonyl (C=O) groups is 1. The Balaban J connectivity index is 1.74. The van der Waals surface area contributed by atoms with Gasteiger partial charge in [-0.25, -0.2) is 4.98 Å². The average Bonchev–Trinajstić information content (AvgIpc) is 3.03. The Kier molecular flexibility index (Phi) is 3.70. The average molecular weight is 301 g/mol. The lowest BCUT2D eigenvalue weighted by atomic mass is 10.2. The second-order valence-corrected chi connectivity index (χ2v) is 5.93. The van der Waals surface area contributed by atoms with E-state index in [4.69, 9.17) is 4.52 Å². The number of aromatic nitrogens is 2. The van der Waals surface area contributed by atoms with Crippen LogP contribution in [0.25, 0.3) is 11.0 Å². The molecular formula is C15H15N3O2S. The number of nitrogens with zero attached hydrogens (tertiary/aromatic N) is 2. The third-order valence-electron chi connectivity index (χ3n) is 3.25. The highest BCUT2D eigenvalue weighted by molar-refractivity contribution is 7.15. The van der Waals surface area contributed by atoms with Crippen LogP contribution in [-0.2, 0) is 17.6 Å². The van der Waals surface area contributed by atoms with Crippen LogP contribution in [0, 0.1) is 6.92 Å². The van der Waals surface area contributed by atoms with Gasteiger partial charge in [-0.05, 0) is 25.5 Å². The quantitative estimate of drug-likeness (QED) is 0.802. The standard InChI is InChI=1S/C15H15N3O2S/c1-3-11-9(2)21-15(16-11)17-14(19)8-12-10-6-4-5-7-13(10)20-18-12/h4-7H,3,8H2,1-2H3,(H,16,17,19). The Labute approximate surface area is 126 Å². The van der Waals surface area contributed by atoms with E-state index < -0.39 is 0 Å². The fraction of sp³-hybridized carbons (Fsp3) is 0.267. The van der Waals surface area contributed by atoms with Crippen molar-refractivity contribution < 1.29 is 9.32 Å².